The Bertz CT molecular complexity index is 1140. The van der Waals surface area contributed by atoms with Gasteiger partial charge in [-0.15, -0.1) is 0 Å². The molecule has 3 aromatic rings. The molecule has 29 heavy (non-hydrogen) atoms. The summed E-state index contributed by atoms with van der Waals surface area (Å²) in [4.78, 5) is 0. The van der Waals surface area contributed by atoms with E-state index in [2.05, 4.69) is 6.58 Å². The quantitative estimate of drug-likeness (QED) is 0.475. The van der Waals surface area contributed by atoms with Crippen molar-refractivity contribution < 1.29 is 24.5 Å². The fraction of sp³-hybridized carbons (Fsp3) is 0.333. The first kappa shape index (κ1) is 19.2. The molecular weight excluding hydrogens is 368 g/mol. The van der Waals surface area contributed by atoms with E-state index in [4.69, 9.17) is 9.15 Å². The van der Waals surface area contributed by atoms with Gasteiger partial charge in [0.05, 0.1) is 5.39 Å². The largest absolute Gasteiger partial charge is 0.508 e. The van der Waals surface area contributed by atoms with Crippen molar-refractivity contribution >= 4 is 11.0 Å². The molecule has 0 saturated heterocycles. The molecule has 4 rings (SSSR count). The van der Waals surface area contributed by atoms with E-state index in [0.717, 1.165) is 29.5 Å². The standard InChI is InChI=1S/C24H26O5/c1-12(2)13(3)22-19(27)11-18(26)17-10-20(28-23(17)22)16-8-14(25)9-21-15(16)6-7-24(4,5)29-21/h8-11,13,25-27H,1,6-7H2,2-5H3. The van der Waals surface area contributed by atoms with Crippen LogP contribution < -0.4 is 4.74 Å². The number of aromatic hydroxyl groups is 3. The third kappa shape index (κ3) is 3.20. The van der Waals surface area contributed by atoms with Gasteiger partial charge in [-0.2, -0.15) is 0 Å². The first-order valence-corrected chi connectivity index (χ1v) is 9.76. The molecule has 0 spiro atoms. The Hall–Kier alpha value is -3.08. The van der Waals surface area contributed by atoms with Crippen LogP contribution in [0.2, 0.25) is 0 Å². The maximum absolute atomic E-state index is 10.5. The minimum absolute atomic E-state index is 0.0329. The molecular formula is C24H26O5. The zero-order valence-electron chi connectivity index (χ0n) is 17.2. The summed E-state index contributed by atoms with van der Waals surface area (Å²) in [6.07, 6.45) is 1.61. The summed E-state index contributed by atoms with van der Waals surface area (Å²) in [5.74, 6) is 0.982. The van der Waals surface area contributed by atoms with E-state index >= 15 is 0 Å². The molecule has 0 fully saturated rings. The topological polar surface area (TPSA) is 83.1 Å². The lowest BCUT2D eigenvalue weighted by molar-refractivity contribution is 0.0845. The molecule has 0 amide bonds. The minimum atomic E-state index is -0.305. The maximum Gasteiger partial charge on any atom is 0.146 e. The van der Waals surface area contributed by atoms with Gasteiger partial charge < -0.3 is 24.5 Å². The van der Waals surface area contributed by atoms with E-state index in [1.54, 1.807) is 18.2 Å². The van der Waals surface area contributed by atoms with Gasteiger partial charge in [0.1, 0.15) is 39.9 Å². The van der Waals surface area contributed by atoms with Gasteiger partial charge in [-0.05, 0) is 45.7 Å². The van der Waals surface area contributed by atoms with Crippen molar-refractivity contribution in [2.45, 2.75) is 52.1 Å². The van der Waals surface area contributed by atoms with Crippen LogP contribution in [-0.2, 0) is 6.42 Å². The summed E-state index contributed by atoms with van der Waals surface area (Å²) in [6.45, 7) is 11.8. The predicted octanol–water partition coefficient (Wildman–Crippen LogP) is 6.00. The number of furan rings is 1. The molecule has 152 valence electrons. The van der Waals surface area contributed by atoms with Gasteiger partial charge >= 0.3 is 0 Å². The van der Waals surface area contributed by atoms with Gasteiger partial charge in [-0.3, -0.25) is 0 Å². The van der Waals surface area contributed by atoms with Gasteiger partial charge in [0.2, 0.25) is 0 Å². The highest BCUT2D eigenvalue weighted by Crippen LogP contribution is 2.47. The molecule has 1 aliphatic heterocycles. The molecule has 1 aliphatic rings. The smallest absolute Gasteiger partial charge is 0.146 e. The molecule has 3 N–H and O–H groups in total. The summed E-state index contributed by atoms with van der Waals surface area (Å²) in [6, 6.07) is 6.35. The fourth-order valence-corrected chi connectivity index (χ4v) is 3.95. The van der Waals surface area contributed by atoms with Crippen molar-refractivity contribution in [2.75, 3.05) is 0 Å². The molecule has 0 aliphatic carbocycles. The van der Waals surface area contributed by atoms with Crippen molar-refractivity contribution in [1.82, 2.24) is 0 Å². The van der Waals surface area contributed by atoms with Crippen molar-refractivity contribution in [3.63, 3.8) is 0 Å². The zero-order valence-corrected chi connectivity index (χ0v) is 17.2. The predicted molar refractivity (Wildman–Crippen MR) is 113 cm³/mol. The van der Waals surface area contributed by atoms with Crippen LogP contribution in [-0.4, -0.2) is 20.9 Å². The average molecular weight is 394 g/mol. The molecule has 1 aromatic heterocycles. The van der Waals surface area contributed by atoms with Crippen LogP contribution in [0.3, 0.4) is 0 Å². The van der Waals surface area contributed by atoms with Crippen LogP contribution in [0.4, 0.5) is 0 Å². The fourth-order valence-electron chi connectivity index (χ4n) is 3.95. The number of phenols is 3. The second-order valence-corrected chi connectivity index (χ2v) is 8.58. The summed E-state index contributed by atoms with van der Waals surface area (Å²) in [5, 5.41) is 31.6. The molecule has 1 unspecified atom stereocenters. The molecule has 0 bridgehead atoms. The number of ether oxygens (including phenoxy) is 1. The summed E-state index contributed by atoms with van der Waals surface area (Å²) < 4.78 is 12.2. The van der Waals surface area contributed by atoms with E-state index in [0.29, 0.717) is 28.0 Å². The second kappa shape index (κ2) is 6.48. The third-order valence-corrected chi connectivity index (χ3v) is 5.80. The van der Waals surface area contributed by atoms with E-state index in [1.807, 2.05) is 27.7 Å². The summed E-state index contributed by atoms with van der Waals surface area (Å²) in [5.41, 5.74) is 3.25. The normalized spacial score (nSPS) is 16.3. The Balaban J connectivity index is 1.95. The van der Waals surface area contributed by atoms with Crippen LogP contribution in [0.25, 0.3) is 22.3 Å². The monoisotopic (exact) mass is 394 g/mol. The van der Waals surface area contributed by atoms with Gasteiger partial charge in [0.15, 0.2) is 0 Å². The van der Waals surface area contributed by atoms with Crippen LogP contribution in [0.5, 0.6) is 23.0 Å². The number of fused-ring (bicyclic) bond motifs is 2. The Labute approximate surface area is 169 Å². The molecule has 5 heteroatoms. The highest BCUT2D eigenvalue weighted by molar-refractivity contribution is 5.93. The number of hydrogen-bond donors (Lipinski definition) is 3. The van der Waals surface area contributed by atoms with E-state index in [-0.39, 0.29) is 28.8 Å². The molecule has 2 heterocycles. The van der Waals surface area contributed by atoms with Crippen LogP contribution in [0, 0.1) is 0 Å². The number of allylic oxidation sites excluding steroid dienone is 1. The van der Waals surface area contributed by atoms with Crippen molar-refractivity contribution in [1.29, 1.82) is 0 Å². The van der Waals surface area contributed by atoms with Gasteiger partial charge in [-0.1, -0.05) is 19.1 Å². The second-order valence-electron chi connectivity index (χ2n) is 8.58. The third-order valence-electron chi connectivity index (χ3n) is 5.80. The van der Waals surface area contributed by atoms with Crippen molar-refractivity contribution in [3.05, 3.63) is 47.5 Å². The van der Waals surface area contributed by atoms with Crippen LogP contribution >= 0.6 is 0 Å². The maximum atomic E-state index is 10.5. The SMILES string of the molecule is C=C(C)C(C)c1c(O)cc(O)c2cc(-c3cc(O)cc4c3CCC(C)(C)O4)oc12. The number of hydrogen-bond acceptors (Lipinski definition) is 5. The first-order chi connectivity index (χ1) is 13.6. The highest BCUT2D eigenvalue weighted by atomic mass is 16.5. The minimum Gasteiger partial charge on any atom is -0.508 e. The Morgan fingerprint density at radius 3 is 2.52 bits per heavy atom. The number of phenolic OH excluding ortho intramolecular Hbond substituents is 3. The molecule has 0 radical (unpaired) electrons. The van der Waals surface area contributed by atoms with Gasteiger partial charge in [0, 0.05) is 34.7 Å². The lowest BCUT2D eigenvalue weighted by Crippen LogP contribution is -2.32. The van der Waals surface area contributed by atoms with Crippen LogP contribution in [0.15, 0.2) is 40.8 Å². The number of rotatable bonds is 3. The van der Waals surface area contributed by atoms with Crippen molar-refractivity contribution in [2.24, 2.45) is 0 Å². The number of benzene rings is 2. The van der Waals surface area contributed by atoms with E-state index in [9.17, 15) is 15.3 Å². The molecule has 5 nitrogen and oxygen atoms in total. The Morgan fingerprint density at radius 1 is 1.10 bits per heavy atom. The van der Waals surface area contributed by atoms with Gasteiger partial charge in [-0.25, -0.2) is 0 Å². The summed E-state index contributed by atoms with van der Waals surface area (Å²) in [7, 11) is 0. The van der Waals surface area contributed by atoms with E-state index < -0.39 is 0 Å². The van der Waals surface area contributed by atoms with Crippen molar-refractivity contribution in [3.8, 4) is 34.3 Å². The Kier molecular flexibility index (Phi) is 4.30. The van der Waals surface area contributed by atoms with Gasteiger partial charge in [0.25, 0.3) is 0 Å². The lowest BCUT2D eigenvalue weighted by atomic mass is 9.90. The van der Waals surface area contributed by atoms with Crippen LogP contribution in [0.1, 0.15) is 51.2 Å². The zero-order chi connectivity index (χ0) is 21.1. The average Bonchev–Trinajstić information content (AvgIpc) is 3.05. The molecule has 0 saturated carbocycles. The molecule has 2 aromatic carbocycles. The first-order valence-electron chi connectivity index (χ1n) is 9.76. The van der Waals surface area contributed by atoms with E-state index in [1.165, 1.54) is 6.07 Å². The Morgan fingerprint density at radius 2 is 1.83 bits per heavy atom. The highest BCUT2D eigenvalue weighted by Gasteiger charge is 2.30. The summed E-state index contributed by atoms with van der Waals surface area (Å²) >= 11 is 0. The lowest BCUT2D eigenvalue weighted by Gasteiger charge is -2.33. The molecule has 1 atom stereocenters.